The smallest absolute Gasteiger partial charge is 0.396 e. The Hall–Kier alpha value is -2.51. The largest absolute Gasteiger partial charge is 0.489 e. The highest BCUT2D eigenvalue weighted by Gasteiger charge is 2.51. The Kier molecular flexibility index (Phi) is 3.64. The number of alkyl halides is 3. The average molecular weight is 382 g/mol. The first-order valence-electron chi connectivity index (χ1n) is 8.57. The molecule has 2 atom stereocenters. The molecule has 0 radical (unpaired) electrons. The van der Waals surface area contributed by atoms with Crippen LogP contribution in [0, 0.1) is 0 Å². The number of Topliss-reactive ketones (excluding diaryl/α,β-unsaturated/α-hetero) is 1. The van der Waals surface area contributed by atoms with Gasteiger partial charge in [0.05, 0.1) is 23.5 Å². The number of esters is 1. The van der Waals surface area contributed by atoms with Crippen LogP contribution in [0.3, 0.4) is 0 Å². The minimum Gasteiger partial charge on any atom is -0.489 e. The normalized spacial score (nSPS) is 25.6. The molecule has 0 amide bonds. The van der Waals surface area contributed by atoms with Gasteiger partial charge < -0.3 is 14.2 Å². The molecule has 5 nitrogen and oxygen atoms in total. The third kappa shape index (κ3) is 2.78. The maximum atomic E-state index is 13.7. The van der Waals surface area contributed by atoms with E-state index in [4.69, 9.17) is 14.2 Å². The lowest BCUT2D eigenvalue weighted by Crippen LogP contribution is -2.36. The van der Waals surface area contributed by atoms with Gasteiger partial charge in [-0.15, -0.1) is 0 Å². The van der Waals surface area contributed by atoms with E-state index < -0.39 is 42.0 Å². The monoisotopic (exact) mass is 382 g/mol. The van der Waals surface area contributed by atoms with Gasteiger partial charge in [0.1, 0.15) is 28.8 Å². The van der Waals surface area contributed by atoms with Crippen molar-refractivity contribution < 1.29 is 37.0 Å². The Morgan fingerprint density at radius 1 is 1.11 bits per heavy atom. The van der Waals surface area contributed by atoms with Gasteiger partial charge in [-0.05, 0) is 32.9 Å². The molecule has 3 aliphatic rings. The molecule has 8 heteroatoms. The van der Waals surface area contributed by atoms with Crippen LogP contribution in [-0.4, -0.2) is 29.6 Å². The van der Waals surface area contributed by atoms with E-state index in [0.717, 1.165) is 0 Å². The maximum Gasteiger partial charge on any atom is 0.396 e. The summed E-state index contributed by atoms with van der Waals surface area (Å²) in [7, 11) is 0. The zero-order chi connectivity index (χ0) is 19.7. The SMILES string of the molecule is CC1CC(=O)c2c(c3c(c4c2OC(=O)CC4C(F)(F)F)OC(C)(C)C=C3)O1. The highest BCUT2D eigenvalue weighted by atomic mass is 19.4. The molecule has 0 spiro atoms. The van der Waals surface area contributed by atoms with Crippen LogP contribution in [0.1, 0.15) is 61.0 Å². The minimum absolute atomic E-state index is 0.0114. The maximum absolute atomic E-state index is 13.7. The van der Waals surface area contributed by atoms with Crippen LogP contribution in [0.2, 0.25) is 0 Å². The van der Waals surface area contributed by atoms with E-state index in [-0.39, 0.29) is 40.4 Å². The summed E-state index contributed by atoms with van der Waals surface area (Å²) in [5, 5.41) is 0. The lowest BCUT2D eigenvalue weighted by Gasteiger charge is -2.37. The fourth-order valence-electron chi connectivity index (χ4n) is 3.67. The second kappa shape index (κ2) is 5.50. The van der Waals surface area contributed by atoms with E-state index in [1.807, 2.05) is 0 Å². The number of hydrogen-bond acceptors (Lipinski definition) is 5. The predicted molar refractivity (Wildman–Crippen MR) is 88.3 cm³/mol. The first kappa shape index (κ1) is 17.9. The van der Waals surface area contributed by atoms with Gasteiger partial charge in [0.15, 0.2) is 11.5 Å². The zero-order valence-corrected chi connectivity index (χ0v) is 14.9. The molecule has 27 heavy (non-hydrogen) atoms. The molecule has 0 saturated carbocycles. The molecule has 0 bridgehead atoms. The van der Waals surface area contributed by atoms with Crippen LogP contribution in [-0.2, 0) is 4.79 Å². The summed E-state index contributed by atoms with van der Waals surface area (Å²) in [5.41, 5.74) is -1.01. The number of fused-ring (bicyclic) bond motifs is 6. The molecule has 3 aliphatic heterocycles. The minimum atomic E-state index is -4.70. The van der Waals surface area contributed by atoms with Crippen molar-refractivity contribution in [1.29, 1.82) is 0 Å². The number of ether oxygens (including phenoxy) is 3. The van der Waals surface area contributed by atoms with E-state index in [0.29, 0.717) is 0 Å². The third-order valence-electron chi connectivity index (χ3n) is 4.85. The van der Waals surface area contributed by atoms with Crippen molar-refractivity contribution in [2.24, 2.45) is 0 Å². The topological polar surface area (TPSA) is 61.8 Å². The number of rotatable bonds is 0. The Bertz CT molecular complexity index is 898. The van der Waals surface area contributed by atoms with E-state index in [1.165, 1.54) is 0 Å². The van der Waals surface area contributed by atoms with E-state index in [9.17, 15) is 22.8 Å². The zero-order valence-electron chi connectivity index (χ0n) is 14.9. The summed E-state index contributed by atoms with van der Waals surface area (Å²) in [6, 6.07) is 0. The van der Waals surface area contributed by atoms with Gasteiger partial charge in [-0.2, -0.15) is 13.2 Å². The molecule has 1 aromatic carbocycles. The van der Waals surface area contributed by atoms with Crippen LogP contribution in [0.25, 0.3) is 6.08 Å². The number of benzene rings is 1. The van der Waals surface area contributed by atoms with Gasteiger partial charge in [-0.3, -0.25) is 9.59 Å². The molecule has 0 fully saturated rings. The van der Waals surface area contributed by atoms with Crippen molar-refractivity contribution in [2.45, 2.75) is 57.4 Å². The van der Waals surface area contributed by atoms with E-state index in [2.05, 4.69) is 0 Å². The molecule has 0 N–H and O–H groups in total. The van der Waals surface area contributed by atoms with E-state index in [1.54, 1.807) is 32.9 Å². The van der Waals surface area contributed by atoms with Crippen molar-refractivity contribution in [1.82, 2.24) is 0 Å². The lowest BCUT2D eigenvalue weighted by atomic mass is 9.83. The van der Waals surface area contributed by atoms with Crippen LogP contribution in [0.15, 0.2) is 6.08 Å². The Morgan fingerprint density at radius 2 is 1.81 bits per heavy atom. The van der Waals surface area contributed by atoms with Crippen LogP contribution in [0.5, 0.6) is 17.2 Å². The molecule has 0 aliphatic carbocycles. The molecule has 0 saturated heterocycles. The fourth-order valence-corrected chi connectivity index (χ4v) is 3.67. The number of halogens is 3. The van der Waals surface area contributed by atoms with Crippen molar-refractivity contribution in [3.63, 3.8) is 0 Å². The second-order valence-electron chi connectivity index (χ2n) is 7.56. The van der Waals surface area contributed by atoms with Gasteiger partial charge in [0.2, 0.25) is 0 Å². The molecule has 1 aromatic rings. The van der Waals surface area contributed by atoms with Crippen molar-refractivity contribution in [2.75, 3.05) is 0 Å². The summed E-state index contributed by atoms with van der Waals surface area (Å²) in [5.74, 6) is -3.89. The molecule has 0 aromatic heterocycles. The summed E-state index contributed by atoms with van der Waals surface area (Å²) in [6.45, 7) is 5.09. The van der Waals surface area contributed by atoms with Gasteiger partial charge >= 0.3 is 12.1 Å². The third-order valence-corrected chi connectivity index (χ3v) is 4.85. The van der Waals surface area contributed by atoms with Gasteiger partial charge in [-0.1, -0.05) is 0 Å². The van der Waals surface area contributed by atoms with Crippen LogP contribution < -0.4 is 14.2 Å². The molecule has 4 rings (SSSR count). The highest BCUT2D eigenvalue weighted by molar-refractivity contribution is 6.06. The molecular weight excluding hydrogens is 365 g/mol. The lowest BCUT2D eigenvalue weighted by molar-refractivity contribution is -0.166. The second-order valence-corrected chi connectivity index (χ2v) is 7.56. The Labute approximate surface area is 153 Å². The summed E-state index contributed by atoms with van der Waals surface area (Å²) < 4.78 is 58.0. The van der Waals surface area contributed by atoms with Crippen molar-refractivity contribution in [3.8, 4) is 17.2 Å². The van der Waals surface area contributed by atoms with Crippen molar-refractivity contribution in [3.05, 3.63) is 22.8 Å². The Morgan fingerprint density at radius 3 is 2.48 bits per heavy atom. The van der Waals surface area contributed by atoms with Crippen LogP contribution >= 0.6 is 0 Å². The first-order valence-corrected chi connectivity index (χ1v) is 8.57. The van der Waals surface area contributed by atoms with Gasteiger partial charge in [-0.25, -0.2) is 0 Å². The standard InChI is InChI=1S/C19H17F3O5/c1-8-6-11(23)14-15(25-8)9-4-5-18(2,3)27-16(9)13-10(19(20,21)22)7-12(24)26-17(13)14/h4-5,8,10H,6-7H2,1-3H3. The van der Waals surface area contributed by atoms with Gasteiger partial charge in [0, 0.05) is 6.42 Å². The summed E-state index contributed by atoms with van der Waals surface area (Å²) in [6.07, 6.45) is -2.73. The number of carbonyl (C=O) groups excluding carboxylic acids is 2. The number of ketones is 1. The molecular formula is C19H17F3O5. The van der Waals surface area contributed by atoms with Gasteiger partial charge in [0.25, 0.3) is 0 Å². The highest BCUT2D eigenvalue weighted by Crippen LogP contribution is 2.57. The summed E-state index contributed by atoms with van der Waals surface area (Å²) >= 11 is 0. The Balaban J connectivity index is 2.09. The predicted octanol–water partition coefficient (Wildman–Crippen LogP) is 4.18. The quantitative estimate of drug-likeness (QED) is 0.498. The van der Waals surface area contributed by atoms with E-state index >= 15 is 0 Å². The first-order chi connectivity index (χ1) is 12.5. The fraction of sp³-hybridized carbons (Fsp3) is 0.474. The molecule has 3 heterocycles. The summed E-state index contributed by atoms with van der Waals surface area (Å²) in [4.78, 5) is 24.5. The van der Waals surface area contributed by atoms with Crippen molar-refractivity contribution >= 4 is 17.8 Å². The number of carbonyl (C=O) groups is 2. The van der Waals surface area contributed by atoms with Crippen LogP contribution in [0.4, 0.5) is 13.2 Å². The molecule has 2 unspecified atom stereocenters. The molecule has 144 valence electrons. The average Bonchev–Trinajstić information content (AvgIpc) is 2.51. The number of hydrogen-bond donors (Lipinski definition) is 0.